The average molecular weight is 297 g/mol. The van der Waals surface area contributed by atoms with E-state index in [1.54, 1.807) is 0 Å². The summed E-state index contributed by atoms with van der Waals surface area (Å²) in [5, 5.41) is 3.51. The predicted molar refractivity (Wildman–Crippen MR) is 94.9 cm³/mol. The van der Waals surface area contributed by atoms with Crippen molar-refractivity contribution in [3.05, 3.63) is 0 Å². The smallest absolute Gasteiger partial charge is 0.00952 e. The van der Waals surface area contributed by atoms with Gasteiger partial charge >= 0.3 is 0 Å². The minimum absolute atomic E-state index is 0.638. The molecule has 0 aromatic rings. The van der Waals surface area contributed by atoms with E-state index in [1.165, 1.54) is 77.4 Å². The summed E-state index contributed by atoms with van der Waals surface area (Å²) in [6, 6.07) is 1.55. The first-order valence-corrected chi connectivity index (χ1v) is 9.57. The van der Waals surface area contributed by atoms with Crippen molar-refractivity contribution in [3.63, 3.8) is 0 Å². The van der Waals surface area contributed by atoms with E-state index in [4.69, 9.17) is 0 Å². The lowest BCUT2D eigenvalue weighted by atomic mass is 10.1. The average Bonchev–Trinajstić information content (AvgIpc) is 2.94. The molecule has 0 bridgehead atoms. The Kier molecular flexibility index (Phi) is 10.4. The highest BCUT2D eigenvalue weighted by Crippen LogP contribution is 2.24. The fourth-order valence-electron chi connectivity index (χ4n) is 3.35. The molecule has 0 aliphatic heterocycles. The maximum absolute atomic E-state index is 3.51. The lowest BCUT2D eigenvalue weighted by molar-refractivity contribution is 0.184. The summed E-state index contributed by atoms with van der Waals surface area (Å²) >= 11 is 0. The van der Waals surface area contributed by atoms with E-state index < -0.39 is 0 Å². The van der Waals surface area contributed by atoms with Crippen LogP contribution in [0.5, 0.6) is 0 Å². The topological polar surface area (TPSA) is 15.3 Å². The first-order chi connectivity index (χ1) is 10.1. The number of nitrogens with one attached hydrogen (secondary N) is 1. The lowest BCUT2D eigenvalue weighted by Crippen LogP contribution is -2.35. The van der Waals surface area contributed by atoms with Crippen LogP contribution in [0.1, 0.15) is 85.5 Å². The first kappa shape index (κ1) is 19.0. The van der Waals surface area contributed by atoms with E-state index in [-0.39, 0.29) is 0 Å². The summed E-state index contributed by atoms with van der Waals surface area (Å²) in [6.45, 7) is 13.0. The van der Waals surface area contributed by atoms with Crippen LogP contribution in [-0.2, 0) is 0 Å². The number of hydrogen-bond donors (Lipinski definition) is 1. The predicted octanol–water partition coefficient (Wildman–Crippen LogP) is 4.84. The molecule has 0 amide bonds. The van der Waals surface area contributed by atoms with E-state index in [1.807, 2.05) is 0 Å². The van der Waals surface area contributed by atoms with Gasteiger partial charge in [0.25, 0.3) is 0 Å². The van der Waals surface area contributed by atoms with Crippen LogP contribution in [0.15, 0.2) is 0 Å². The third-order valence-electron chi connectivity index (χ3n) is 4.76. The van der Waals surface area contributed by atoms with E-state index in [9.17, 15) is 0 Å². The van der Waals surface area contributed by atoms with Gasteiger partial charge in [0.2, 0.25) is 0 Å². The maximum Gasteiger partial charge on any atom is 0.00952 e. The van der Waals surface area contributed by atoms with Crippen molar-refractivity contribution < 1.29 is 0 Å². The Morgan fingerprint density at radius 1 is 0.905 bits per heavy atom. The van der Waals surface area contributed by atoms with Gasteiger partial charge in [0.1, 0.15) is 0 Å². The molecular formula is C19H40N2. The molecule has 0 unspecified atom stereocenters. The van der Waals surface area contributed by atoms with Gasteiger partial charge in [0.15, 0.2) is 0 Å². The second-order valence-electron chi connectivity index (χ2n) is 7.68. The largest absolute Gasteiger partial charge is 0.315 e. The third kappa shape index (κ3) is 9.52. The molecule has 0 aromatic heterocycles. The molecule has 0 saturated heterocycles. The Labute approximate surface area is 134 Å². The Bertz CT molecular complexity index is 232. The molecule has 0 spiro atoms. The number of rotatable bonds is 12. The Morgan fingerprint density at radius 3 is 2.19 bits per heavy atom. The van der Waals surface area contributed by atoms with Crippen LogP contribution in [0.3, 0.4) is 0 Å². The zero-order chi connectivity index (χ0) is 15.5. The molecule has 126 valence electrons. The second-order valence-corrected chi connectivity index (χ2v) is 7.68. The maximum atomic E-state index is 3.51. The van der Waals surface area contributed by atoms with Crippen LogP contribution in [0.2, 0.25) is 0 Å². The van der Waals surface area contributed by atoms with Gasteiger partial charge in [-0.3, -0.25) is 0 Å². The minimum atomic E-state index is 0.638. The highest BCUT2D eigenvalue weighted by Gasteiger charge is 2.21. The number of hydrogen-bond acceptors (Lipinski definition) is 2. The van der Waals surface area contributed by atoms with E-state index in [2.05, 4.69) is 37.9 Å². The van der Waals surface area contributed by atoms with Gasteiger partial charge in [-0.25, -0.2) is 0 Å². The molecule has 2 heteroatoms. The third-order valence-corrected chi connectivity index (χ3v) is 4.76. The SMILES string of the molecule is CC(C)CCN(CCCCCCNC(C)C)C1CCCC1. The quantitative estimate of drug-likeness (QED) is 0.519. The van der Waals surface area contributed by atoms with Crippen LogP contribution < -0.4 is 5.32 Å². The second kappa shape index (κ2) is 11.5. The van der Waals surface area contributed by atoms with Crippen LogP contribution >= 0.6 is 0 Å². The van der Waals surface area contributed by atoms with Crippen molar-refractivity contribution >= 4 is 0 Å². The molecule has 21 heavy (non-hydrogen) atoms. The van der Waals surface area contributed by atoms with Crippen LogP contribution in [0.4, 0.5) is 0 Å². The van der Waals surface area contributed by atoms with Gasteiger partial charge in [0, 0.05) is 12.1 Å². The zero-order valence-corrected chi connectivity index (χ0v) is 15.2. The molecule has 0 radical (unpaired) electrons. The van der Waals surface area contributed by atoms with Gasteiger partial charge in [-0.15, -0.1) is 0 Å². The Hall–Kier alpha value is -0.0800. The molecule has 0 aromatic carbocycles. The monoisotopic (exact) mass is 296 g/mol. The molecule has 1 rings (SSSR count). The number of unbranched alkanes of at least 4 members (excludes halogenated alkanes) is 3. The molecule has 0 heterocycles. The highest BCUT2D eigenvalue weighted by molar-refractivity contribution is 4.77. The van der Waals surface area contributed by atoms with E-state index >= 15 is 0 Å². The first-order valence-electron chi connectivity index (χ1n) is 9.57. The van der Waals surface area contributed by atoms with Gasteiger partial charge in [-0.2, -0.15) is 0 Å². The van der Waals surface area contributed by atoms with Crippen molar-refractivity contribution in [2.75, 3.05) is 19.6 Å². The van der Waals surface area contributed by atoms with Gasteiger partial charge in [-0.05, 0) is 57.7 Å². The molecule has 0 atom stereocenters. The van der Waals surface area contributed by atoms with Crippen LogP contribution in [0.25, 0.3) is 0 Å². The molecule has 1 N–H and O–H groups in total. The Morgan fingerprint density at radius 2 is 1.57 bits per heavy atom. The lowest BCUT2D eigenvalue weighted by Gasteiger charge is -2.29. The molecular weight excluding hydrogens is 256 g/mol. The van der Waals surface area contributed by atoms with Crippen LogP contribution in [0, 0.1) is 5.92 Å². The van der Waals surface area contributed by atoms with Crippen molar-refractivity contribution in [2.45, 2.75) is 97.6 Å². The zero-order valence-electron chi connectivity index (χ0n) is 15.2. The summed E-state index contributed by atoms with van der Waals surface area (Å²) in [5.41, 5.74) is 0. The van der Waals surface area contributed by atoms with Crippen LogP contribution in [-0.4, -0.2) is 36.6 Å². The fourth-order valence-corrected chi connectivity index (χ4v) is 3.35. The standard InChI is InChI=1S/C19H40N2/c1-17(2)13-16-21(19-11-7-8-12-19)15-10-6-5-9-14-20-18(3)4/h17-20H,5-16H2,1-4H3. The van der Waals surface area contributed by atoms with Gasteiger partial charge in [0.05, 0.1) is 0 Å². The van der Waals surface area contributed by atoms with Crippen molar-refractivity contribution in [1.29, 1.82) is 0 Å². The summed E-state index contributed by atoms with van der Waals surface area (Å²) in [6.07, 6.45) is 12.7. The molecule has 1 aliphatic rings. The van der Waals surface area contributed by atoms with Gasteiger partial charge < -0.3 is 10.2 Å². The minimum Gasteiger partial charge on any atom is -0.315 e. The van der Waals surface area contributed by atoms with Crippen molar-refractivity contribution in [3.8, 4) is 0 Å². The van der Waals surface area contributed by atoms with E-state index in [0.29, 0.717) is 6.04 Å². The highest BCUT2D eigenvalue weighted by atomic mass is 15.2. The van der Waals surface area contributed by atoms with E-state index in [0.717, 1.165) is 12.0 Å². The van der Waals surface area contributed by atoms with Crippen molar-refractivity contribution in [2.24, 2.45) is 5.92 Å². The van der Waals surface area contributed by atoms with Crippen molar-refractivity contribution in [1.82, 2.24) is 10.2 Å². The summed E-state index contributed by atoms with van der Waals surface area (Å²) in [7, 11) is 0. The molecule has 1 fully saturated rings. The summed E-state index contributed by atoms with van der Waals surface area (Å²) in [4.78, 5) is 2.82. The normalized spacial score (nSPS) is 16.7. The van der Waals surface area contributed by atoms with Gasteiger partial charge in [-0.1, -0.05) is 53.4 Å². The Balaban J connectivity index is 2.11. The fraction of sp³-hybridized carbons (Fsp3) is 1.00. The molecule has 2 nitrogen and oxygen atoms in total. The molecule has 1 aliphatic carbocycles. The number of nitrogens with zero attached hydrogens (tertiary/aromatic N) is 1. The summed E-state index contributed by atoms with van der Waals surface area (Å²) < 4.78 is 0. The molecule has 1 saturated carbocycles. The summed E-state index contributed by atoms with van der Waals surface area (Å²) in [5.74, 6) is 0.844.